The van der Waals surface area contributed by atoms with E-state index in [1.54, 1.807) is 13.0 Å². The fraction of sp³-hybridized carbons (Fsp3) is 0.222. The maximum atomic E-state index is 13.2. The van der Waals surface area contributed by atoms with E-state index in [4.69, 9.17) is 4.42 Å². The molecule has 0 aliphatic rings. The molecule has 0 radical (unpaired) electrons. The third-order valence-corrected chi connectivity index (χ3v) is 3.71. The van der Waals surface area contributed by atoms with E-state index < -0.39 is 0 Å². The highest BCUT2D eigenvalue weighted by molar-refractivity contribution is 5.77. The molecule has 1 heterocycles. The second-order valence-corrected chi connectivity index (χ2v) is 5.37. The van der Waals surface area contributed by atoms with Crippen LogP contribution in [0.25, 0.3) is 11.0 Å². The van der Waals surface area contributed by atoms with Gasteiger partial charge in [-0.15, -0.1) is 0 Å². The minimum Gasteiger partial charge on any atom is -0.459 e. The van der Waals surface area contributed by atoms with Crippen LogP contribution in [0, 0.1) is 12.7 Å². The number of hydrogen-bond acceptors (Lipinski definition) is 2. The zero-order valence-corrected chi connectivity index (χ0v) is 12.2. The first-order valence-electron chi connectivity index (χ1n) is 7.10. The molecule has 1 aromatic heterocycles. The zero-order chi connectivity index (χ0) is 14.8. The summed E-state index contributed by atoms with van der Waals surface area (Å²) < 4.78 is 19.1. The summed E-state index contributed by atoms with van der Waals surface area (Å²) in [6.45, 7) is 4.52. The van der Waals surface area contributed by atoms with Crippen molar-refractivity contribution in [3.8, 4) is 0 Å². The summed E-state index contributed by atoms with van der Waals surface area (Å²) in [5.41, 5.74) is 2.64. The summed E-state index contributed by atoms with van der Waals surface area (Å²) in [6.07, 6.45) is 0. The van der Waals surface area contributed by atoms with E-state index in [-0.39, 0.29) is 11.9 Å². The summed E-state index contributed by atoms with van der Waals surface area (Å²) in [7, 11) is 0. The Morgan fingerprint density at radius 3 is 2.71 bits per heavy atom. The van der Waals surface area contributed by atoms with Crippen LogP contribution in [0.4, 0.5) is 4.39 Å². The zero-order valence-electron chi connectivity index (χ0n) is 12.2. The summed E-state index contributed by atoms with van der Waals surface area (Å²) in [6, 6.07) is 15.3. The van der Waals surface area contributed by atoms with Crippen LogP contribution in [-0.4, -0.2) is 0 Å². The predicted octanol–water partition coefficient (Wildman–Crippen LogP) is 4.73. The van der Waals surface area contributed by atoms with E-state index in [1.807, 2.05) is 30.3 Å². The smallest absolute Gasteiger partial charge is 0.134 e. The fourth-order valence-electron chi connectivity index (χ4n) is 2.40. The van der Waals surface area contributed by atoms with Crippen molar-refractivity contribution in [2.75, 3.05) is 0 Å². The van der Waals surface area contributed by atoms with Gasteiger partial charge < -0.3 is 9.73 Å². The van der Waals surface area contributed by atoms with Gasteiger partial charge in [-0.05, 0) is 43.2 Å². The maximum absolute atomic E-state index is 13.2. The standard InChI is InChI=1S/C18H18FNO/c1-12-9-14(7-8-16(12)19)11-20-13(2)18-10-15-5-3-4-6-17(15)21-18/h3-10,13,20H,11H2,1-2H3. The predicted molar refractivity (Wildman–Crippen MR) is 82.6 cm³/mol. The third kappa shape index (κ3) is 2.98. The van der Waals surface area contributed by atoms with Crippen molar-refractivity contribution < 1.29 is 8.81 Å². The second-order valence-electron chi connectivity index (χ2n) is 5.37. The van der Waals surface area contributed by atoms with Crippen molar-refractivity contribution in [1.82, 2.24) is 5.32 Å². The summed E-state index contributed by atoms with van der Waals surface area (Å²) >= 11 is 0. The van der Waals surface area contributed by atoms with E-state index in [9.17, 15) is 4.39 Å². The summed E-state index contributed by atoms with van der Waals surface area (Å²) in [4.78, 5) is 0. The SMILES string of the molecule is Cc1cc(CNC(C)c2cc3ccccc3o2)ccc1F. The van der Waals surface area contributed by atoms with Crippen LogP contribution < -0.4 is 5.32 Å². The largest absolute Gasteiger partial charge is 0.459 e. The van der Waals surface area contributed by atoms with Gasteiger partial charge >= 0.3 is 0 Å². The molecule has 0 saturated heterocycles. The van der Waals surface area contributed by atoms with Gasteiger partial charge in [0.1, 0.15) is 17.2 Å². The Morgan fingerprint density at radius 2 is 1.95 bits per heavy atom. The molecule has 2 nitrogen and oxygen atoms in total. The summed E-state index contributed by atoms with van der Waals surface area (Å²) in [5, 5.41) is 4.52. The normalized spacial score (nSPS) is 12.7. The van der Waals surface area contributed by atoms with Crippen molar-refractivity contribution in [1.29, 1.82) is 0 Å². The van der Waals surface area contributed by atoms with E-state index in [1.165, 1.54) is 6.07 Å². The molecule has 0 aliphatic heterocycles. The number of fused-ring (bicyclic) bond motifs is 1. The molecule has 108 valence electrons. The molecule has 3 heteroatoms. The molecule has 0 bridgehead atoms. The minimum absolute atomic E-state index is 0.0998. The molecule has 1 atom stereocenters. The fourth-order valence-corrected chi connectivity index (χ4v) is 2.40. The third-order valence-electron chi connectivity index (χ3n) is 3.71. The van der Waals surface area contributed by atoms with Gasteiger partial charge in [-0.25, -0.2) is 4.39 Å². The van der Waals surface area contributed by atoms with Gasteiger partial charge in [0, 0.05) is 11.9 Å². The highest BCUT2D eigenvalue weighted by Crippen LogP contribution is 2.23. The van der Waals surface area contributed by atoms with Crippen LogP contribution in [-0.2, 0) is 6.54 Å². The maximum Gasteiger partial charge on any atom is 0.134 e. The Balaban J connectivity index is 1.70. The van der Waals surface area contributed by atoms with Crippen LogP contribution in [0.2, 0.25) is 0 Å². The number of aryl methyl sites for hydroxylation is 1. The molecule has 1 unspecified atom stereocenters. The first-order chi connectivity index (χ1) is 10.1. The molecule has 0 fully saturated rings. The Morgan fingerprint density at radius 1 is 1.14 bits per heavy atom. The first kappa shape index (κ1) is 13.8. The van der Waals surface area contributed by atoms with Crippen molar-refractivity contribution in [3.63, 3.8) is 0 Å². The van der Waals surface area contributed by atoms with E-state index in [0.717, 1.165) is 22.3 Å². The number of para-hydroxylation sites is 1. The summed E-state index contributed by atoms with van der Waals surface area (Å²) in [5.74, 6) is 0.749. The number of rotatable bonds is 4. The lowest BCUT2D eigenvalue weighted by Gasteiger charge is -2.11. The topological polar surface area (TPSA) is 25.2 Å². The van der Waals surface area contributed by atoms with Gasteiger partial charge in [-0.3, -0.25) is 0 Å². The molecular formula is C18H18FNO. The average Bonchev–Trinajstić information content (AvgIpc) is 2.92. The van der Waals surface area contributed by atoms with Gasteiger partial charge in [0.15, 0.2) is 0 Å². The Bertz CT molecular complexity index is 730. The van der Waals surface area contributed by atoms with E-state index in [2.05, 4.69) is 18.3 Å². The highest BCUT2D eigenvalue weighted by Gasteiger charge is 2.11. The number of hydrogen-bond donors (Lipinski definition) is 1. The van der Waals surface area contributed by atoms with Gasteiger partial charge in [0.25, 0.3) is 0 Å². The number of benzene rings is 2. The molecular weight excluding hydrogens is 265 g/mol. The lowest BCUT2D eigenvalue weighted by Crippen LogP contribution is -2.17. The van der Waals surface area contributed by atoms with Gasteiger partial charge in [0.05, 0.1) is 6.04 Å². The average molecular weight is 283 g/mol. The first-order valence-corrected chi connectivity index (χ1v) is 7.10. The van der Waals surface area contributed by atoms with Crippen molar-refractivity contribution in [2.24, 2.45) is 0 Å². The monoisotopic (exact) mass is 283 g/mol. The van der Waals surface area contributed by atoms with Gasteiger partial charge in [0.2, 0.25) is 0 Å². The van der Waals surface area contributed by atoms with Crippen LogP contribution in [0.3, 0.4) is 0 Å². The molecule has 0 saturated carbocycles. The Labute approximate surface area is 123 Å². The Kier molecular flexibility index (Phi) is 3.76. The molecule has 0 aliphatic carbocycles. The minimum atomic E-state index is -0.163. The van der Waals surface area contributed by atoms with E-state index >= 15 is 0 Å². The number of halogens is 1. The second kappa shape index (κ2) is 5.70. The lowest BCUT2D eigenvalue weighted by molar-refractivity contribution is 0.450. The Hall–Kier alpha value is -2.13. The number of furan rings is 1. The molecule has 0 amide bonds. The molecule has 0 spiro atoms. The molecule has 21 heavy (non-hydrogen) atoms. The lowest BCUT2D eigenvalue weighted by atomic mass is 10.1. The van der Waals surface area contributed by atoms with Crippen LogP contribution in [0.15, 0.2) is 52.9 Å². The molecule has 3 rings (SSSR count). The molecule has 3 aromatic rings. The number of nitrogens with one attached hydrogen (secondary N) is 1. The molecule has 1 N–H and O–H groups in total. The van der Waals surface area contributed by atoms with Crippen molar-refractivity contribution in [3.05, 3.63) is 71.2 Å². The van der Waals surface area contributed by atoms with Crippen LogP contribution in [0.1, 0.15) is 29.9 Å². The van der Waals surface area contributed by atoms with Crippen LogP contribution >= 0.6 is 0 Å². The van der Waals surface area contributed by atoms with Crippen LogP contribution in [0.5, 0.6) is 0 Å². The van der Waals surface area contributed by atoms with E-state index in [0.29, 0.717) is 12.1 Å². The van der Waals surface area contributed by atoms with Gasteiger partial charge in [-0.2, -0.15) is 0 Å². The highest BCUT2D eigenvalue weighted by atomic mass is 19.1. The molecule has 2 aromatic carbocycles. The van der Waals surface area contributed by atoms with Gasteiger partial charge in [-0.1, -0.05) is 30.3 Å². The van der Waals surface area contributed by atoms with Crippen molar-refractivity contribution >= 4 is 11.0 Å². The van der Waals surface area contributed by atoms with Crippen molar-refractivity contribution in [2.45, 2.75) is 26.4 Å². The quantitative estimate of drug-likeness (QED) is 0.748.